The Morgan fingerprint density at radius 2 is 2.35 bits per heavy atom. The van der Waals surface area contributed by atoms with E-state index in [2.05, 4.69) is 28.1 Å². The third-order valence-corrected chi connectivity index (χ3v) is 3.88. The van der Waals surface area contributed by atoms with Gasteiger partial charge in [0.2, 0.25) is 0 Å². The second kappa shape index (κ2) is 5.85. The lowest BCUT2D eigenvalue weighted by molar-refractivity contribution is -0.921. The van der Waals surface area contributed by atoms with Crippen LogP contribution in [0.25, 0.3) is 0 Å². The molecule has 2 N–H and O–H groups in total. The first-order valence-corrected chi connectivity index (χ1v) is 6.82. The smallest absolute Gasteiger partial charge is 0.133 e. The van der Waals surface area contributed by atoms with Gasteiger partial charge in [-0.1, -0.05) is 0 Å². The molecule has 0 radical (unpaired) electrons. The molecule has 1 aliphatic rings. The van der Waals surface area contributed by atoms with Crippen molar-refractivity contribution in [3.63, 3.8) is 0 Å². The third kappa shape index (κ3) is 3.44. The maximum absolute atomic E-state index is 9.64. The van der Waals surface area contributed by atoms with Crippen LogP contribution in [0.1, 0.15) is 18.4 Å². The number of aliphatic hydroxyl groups is 1. The SMILES string of the molecule is COc1ccc(C[NH+]2CCC[C@H](O)C2)cc1Br. The van der Waals surface area contributed by atoms with E-state index in [1.54, 1.807) is 7.11 Å². The van der Waals surface area contributed by atoms with Crippen molar-refractivity contribution >= 4 is 15.9 Å². The highest BCUT2D eigenvalue weighted by atomic mass is 79.9. The molecule has 1 saturated heterocycles. The van der Waals surface area contributed by atoms with Crippen molar-refractivity contribution in [1.29, 1.82) is 0 Å². The van der Waals surface area contributed by atoms with E-state index in [-0.39, 0.29) is 6.10 Å². The van der Waals surface area contributed by atoms with Crippen molar-refractivity contribution in [3.05, 3.63) is 28.2 Å². The minimum atomic E-state index is -0.125. The highest BCUT2D eigenvalue weighted by Crippen LogP contribution is 2.25. The number of hydrogen-bond donors (Lipinski definition) is 2. The van der Waals surface area contributed by atoms with Crippen LogP contribution in [-0.2, 0) is 6.54 Å². The van der Waals surface area contributed by atoms with E-state index in [1.807, 2.05) is 6.07 Å². The second-order valence-electron chi connectivity index (χ2n) is 4.65. The van der Waals surface area contributed by atoms with Gasteiger partial charge >= 0.3 is 0 Å². The largest absolute Gasteiger partial charge is 0.496 e. The molecule has 17 heavy (non-hydrogen) atoms. The Kier molecular flexibility index (Phi) is 4.42. The standard InChI is InChI=1S/C13H18BrNO2/c1-17-13-5-4-10(7-12(13)14)8-15-6-2-3-11(16)9-15/h4-5,7,11,16H,2-3,6,8-9H2,1H3/p+1/t11-/m0/s1. The molecule has 0 aromatic heterocycles. The first kappa shape index (κ1) is 12.9. The minimum absolute atomic E-state index is 0.125. The van der Waals surface area contributed by atoms with Gasteiger partial charge in [0.25, 0.3) is 0 Å². The minimum Gasteiger partial charge on any atom is -0.496 e. The molecule has 1 unspecified atom stereocenters. The summed E-state index contributed by atoms with van der Waals surface area (Å²) in [5.41, 5.74) is 1.28. The van der Waals surface area contributed by atoms with Gasteiger partial charge in [0.15, 0.2) is 0 Å². The number of quaternary nitrogens is 1. The fourth-order valence-corrected chi connectivity index (χ4v) is 2.98. The molecular formula is C13H19BrNO2+. The quantitative estimate of drug-likeness (QED) is 0.873. The first-order valence-electron chi connectivity index (χ1n) is 6.03. The molecule has 0 saturated carbocycles. The molecule has 3 nitrogen and oxygen atoms in total. The fraction of sp³-hybridized carbons (Fsp3) is 0.538. The molecule has 0 bridgehead atoms. The van der Waals surface area contributed by atoms with Gasteiger partial charge < -0.3 is 14.7 Å². The van der Waals surface area contributed by atoms with Gasteiger partial charge in [0, 0.05) is 5.56 Å². The number of methoxy groups -OCH3 is 1. The molecule has 0 spiro atoms. The normalized spacial score (nSPS) is 24.6. The van der Waals surface area contributed by atoms with Crippen LogP contribution in [0.2, 0.25) is 0 Å². The van der Waals surface area contributed by atoms with E-state index in [0.717, 1.165) is 42.7 Å². The average Bonchev–Trinajstić information content (AvgIpc) is 2.29. The molecule has 0 aliphatic carbocycles. The molecule has 1 fully saturated rings. The number of likely N-dealkylation sites (tertiary alicyclic amines) is 1. The molecule has 2 atom stereocenters. The lowest BCUT2D eigenvalue weighted by Crippen LogP contribution is -3.12. The summed E-state index contributed by atoms with van der Waals surface area (Å²) in [5, 5.41) is 9.64. The van der Waals surface area contributed by atoms with Crippen LogP contribution in [-0.4, -0.2) is 31.4 Å². The van der Waals surface area contributed by atoms with E-state index < -0.39 is 0 Å². The fourth-order valence-electron chi connectivity index (χ4n) is 2.39. The lowest BCUT2D eigenvalue weighted by atomic mass is 10.1. The number of nitrogens with one attached hydrogen (secondary N) is 1. The highest BCUT2D eigenvalue weighted by Gasteiger charge is 2.21. The van der Waals surface area contributed by atoms with E-state index >= 15 is 0 Å². The van der Waals surface area contributed by atoms with Crippen molar-refractivity contribution in [2.75, 3.05) is 20.2 Å². The first-order chi connectivity index (χ1) is 8.19. The number of piperidine rings is 1. The lowest BCUT2D eigenvalue weighted by Gasteiger charge is -2.27. The van der Waals surface area contributed by atoms with Gasteiger partial charge in [0.1, 0.15) is 24.9 Å². The van der Waals surface area contributed by atoms with Crippen molar-refractivity contribution in [3.8, 4) is 5.75 Å². The van der Waals surface area contributed by atoms with Crippen LogP contribution in [0.4, 0.5) is 0 Å². The summed E-state index contributed by atoms with van der Waals surface area (Å²) in [4.78, 5) is 1.46. The summed E-state index contributed by atoms with van der Waals surface area (Å²) in [6, 6.07) is 6.18. The Balaban J connectivity index is 2.00. The number of ether oxygens (including phenoxy) is 1. The van der Waals surface area contributed by atoms with Crippen molar-refractivity contribution in [2.24, 2.45) is 0 Å². The van der Waals surface area contributed by atoms with Gasteiger partial charge in [-0.2, -0.15) is 0 Å². The number of halogens is 1. The van der Waals surface area contributed by atoms with Gasteiger partial charge in [0.05, 0.1) is 18.1 Å². The molecular weight excluding hydrogens is 282 g/mol. The summed E-state index contributed by atoms with van der Waals surface area (Å²) in [6.45, 7) is 2.99. The maximum Gasteiger partial charge on any atom is 0.133 e. The van der Waals surface area contributed by atoms with Crippen LogP contribution in [0.15, 0.2) is 22.7 Å². The zero-order valence-corrected chi connectivity index (χ0v) is 11.7. The van der Waals surface area contributed by atoms with Crippen LogP contribution >= 0.6 is 15.9 Å². The Morgan fingerprint density at radius 1 is 1.53 bits per heavy atom. The number of aliphatic hydroxyl groups excluding tert-OH is 1. The molecule has 1 aliphatic heterocycles. The van der Waals surface area contributed by atoms with E-state index in [0.29, 0.717) is 0 Å². The second-order valence-corrected chi connectivity index (χ2v) is 5.50. The van der Waals surface area contributed by atoms with Crippen molar-refractivity contribution in [1.82, 2.24) is 0 Å². The Bertz CT molecular complexity index is 384. The maximum atomic E-state index is 9.64. The number of benzene rings is 1. The summed E-state index contributed by atoms with van der Waals surface area (Å²) in [5.74, 6) is 0.863. The molecule has 1 heterocycles. The molecule has 1 aromatic carbocycles. The molecule has 1 aromatic rings. The van der Waals surface area contributed by atoms with Gasteiger partial charge in [-0.25, -0.2) is 0 Å². The van der Waals surface area contributed by atoms with Crippen LogP contribution in [0, 0.1) is 0 Å². The van der Waals surface area contributed by atoms with E-state index in [4.69, 9.17) is 4.74 Å². The average molecular weight is 301 g/mol. The monoisotopic (exact) mass is 300 g/mol. The van der Waals surface area contributed by atoms with Crippen molar-refractivity contribution < 1.29 is 14.7 Å². The zero-order chi connectivity index (χ0) is 12.3. The molecule has 0 amide bonds. The van der Waals surface area contributed by atoms with Gasteiger partial charge in [-0.05, 0) is 47.0 Å². The molecule has 2 rings (SSSR count). The Labute approximate surface area is 111 Å². The topological polar surface area (TPSA) is 33.9 Å². The number of rotatable bonds is 3. The summed E-state index contributed by atoms with van der Waals surface area (Å²) < 4.78 is 6.21. The van der Waals surface area contributed by atoms with Crippen LogP contribution in [0.3, 0.4) is 0 Å². The van der Waals surface area contributed by atoms with Gasteiger partial charge in [-0.15, -0.1) is 0 Å². The predicted octanol–water partition coefficient (Wildman–Crippen LogP) is 0.997. The predicted molar refractivity (Wildman–Crippen MR) is 70.3 cm³/mol. The molecule has 94 valence electrons. The van der Waals surface area contributed by atoms with Gasteiger partial charge in [-0.3, -0.25) is 0 Å². The van der Waals surface area contributed by atoms with Crippen LogP contribution < -0.4 is 9.64 Å². The summed E-state index contributed by atoms with van der Waals surface area (Å²) >= 11 is 3.50. The zero-order valence-electron chi connectivity index (χ0n) is 10.1. The highest BCUT2D eigenvalue weighted by molar-refractivity contribution is 9.10. The van der Waals surface area contributed by atoms with E-state index in [9.17, 15) is 5.11 Å². The third-order valence-electron chi connectivity index (χ3n) is 3.26. The van der Waals surface area contributed by atoms with Crippen molar-refractivity contribution in [2.45, 2.75) is 25.5 Å². The Morgan fingerprint density at radius 3 is 3.00 bits per heavy atom. The van der Waals surface area contributed by atoms with E-state index in [1.165, 1.54) is 10.5 Å². The summed E-state index contributed by atoms with van der Waals surface area (Å²) in [7, 11) is 1.67. The van der Waals surface area contributed by atoms with Crippen LogP contribution in [0.5, 0.6) is 5.75 Å². The Hall–Kier alpha value is -0.580. The number of hydrogen-bond acceptors (Lipinski definition) is 2. The summed E-state index contributed by atoms with van der Waals surface area (Å²) in [6.07, 6.45) is 1.95. The molecule has 4 heteroatoms.